The van der Waals surface area contributed by atoms with Crippen LogP contribution in [0.25, 0.3) is 22.5 Å². The molecule has 0 spiro atoms. The Balaban J connectivity index is 1.67. The molecule has 8 heteroatoms. The molecule has 6 nitrogen and oxygen atoms in total. The van der Waals surface area contributed by atoms with Gasteiger partial charge in [0, 0.05) is 5.69 Å². The van der Waals surface area contributed by atoms with Crippen LogP contribution in [0.4, 0.5) is 5.69 Å². The standard InChI is InChI=1S/C23H17Cl2NO5/c1-12-8-15-19(9-13(12)2)31-22(18-4-3-7-29-18)23(21(15)28)30-11-20(27)26-14-5-6-16(24)17(25)10-14/h3-10H,11H2,1-2H3,(H,26,27). The summed E-state index contributed by atoms with van der Waals surface area (Å²) in [7, 11) is 0. The topological polar surface area (TPSA) is 81.7 Å². The van der Waals surface area contributed by atoms with Crippen molar-refractivity contribution in [3.63, 3.8) is 0 Å². The first-order chi connectivity index (χ1) is 14.8. The van der Waals surface area contributed by atoms with E-state index in [4.69, 9.17) is 36.8 Å². The molecule has 0 saturated carbocycles. The van der Waals surface area contributed by atoms with Crippen molar-refractivity contribution in [1.82, 2.24) is 0 Å². The zero-order valence-corrected chi connectivity index (χ0v) is 18.1. The minimum atomic E-state index is -0.483. The summed E-state index contributed by atoms with van der Waals surface area (Å²) in [5, 5.41) is 3.68. The Kier molecular flexibility index (Phi) is 5.76. The van der Waals surface area contributed by atoms with E-state index in [1.807, 2.05) is 13.8 Å². The molecule has 0 fully saturated rings. The van der Waals surface area contributed by atoms with Crippen LogP contribution in [-0.2, 0) is 4.79 Å². The predicted octanol–water partition coefficient (Wildman–Crippen LogP) is 5.99. The Bertz CT molecular complexity index is 1340. The molecule has 2 aromatic heterocycles. The van der Waals surface area contributed by atoms with Crippen LogP contribution in [0.2, 0.25) is 10.0 Å². The molecule has 0 unspecified atom stereocenters. The second-order valence-corrected chi connectivity index (χ2v) is 7.78. The molecule has 0 bridgehead atoms. The fourth-order valence-corrected chi connectivity index (χ4v) is 3.34. The number of furan rings is 1. The molecule has 31 heavy (non-hydrogen) atoms. The van der Waals surface area contributed by atoms with Gasteiger partial charge in [0.15, 0.2) is 12.4 Å². The smallest absolute Gasteiger partial charge is 0.262 e. The molecule has 1 amide bonds. The van der Waals surface area contributed by atoms with E-state index >= 15 is 0 Å². The monoisotopic (exact) mass is 457 g/mol. The molecule has 4 rings (SSSR count). The summed E-state index contributed by atoms with van der Waals surface area (Å²) in [5.41, 5.74) is 2.39. The number of benzene rings is 2. The number of aryl methyl sites for hydroxylation is 2. The lowest BCUT2D eigenvalue weighted by molar-refractivity contribution is -0.118. The van der Waals surface area contributed by atoms with Crippen LogP contribution in [-0.4, -0.2) is 12.5 Å². The van der Waals surface area contributed by atoms with Crippen molar-refractivity contribution in [2.75, 3.05) is 11.9 Å². The van der Waals surface area contributed by atoms with Gasteiger partial charge in [-0.05, 0) is 67.4 Å². The molecule has 4 aromatic rings. The fourth-order valence-electron chi connectivity index (χ4n) is 3.04. The minimum absolute atomic E-state index is 0.102. The molecule has 2 aromatic carbocycles. The Labute approximate surface area is 187 Å². The van der Waals surface area contributed by atoms with Gasteiger partial charge in [0.25, 0.3) is 5.91 Å². The van der Waals surface area contributed by atoms with Crippen molar-refractivity contribution in [3.05, 3.63) is 80.1 Å². The summed E-state index contributed by atoms with van der Waals surface area (Å²) in [6, 6.07) is 11.5. The van der Waals surface area contributed by atoms with E-state index in [1.54, 1.807) is 36.4 Å². The van der Waals surface area contributed by atoms with Gasteiger partial charge in [-0.3, -0.25) is 9.59 Å². The Morgan fingerprint density at radius 1 is 1.06 bits per heavy atom. The maximum Gasteiger partial charge on any atom is 0.262 e. The second-order valence-electron chi connectivity index (χ2n) is 6.97. The average molecular weight is 458 g/mol. The highest BCUT2D eigenvalue weighted by molar-refractivity contribution is 6.42. The summed E-state index contributed by atoms with van der Waals surface area (Å²) < 4.78 is 17.0. The highest BCUT2D eigenvalue weighted by Crippen LogP contribution is 2.32. The van der Waals surface area contributed by atoms with Crippen LogP contribution in [0.3, 0.4) is 0 Å². The van der Waals surface area contributed by atoms with Crippen LogP contribution in [0.5, 0.6) is 5.75 Å². The van der Waals surface area contributed by atoms with Gasteiger partial charge in [-0.2, -0.15) is 0 Å². The quantitative estimate of drug-likeness (QED) is 0.397. The van der Waals surface area contributed by atoms with Crippen molar-refractivity contribution in [3.8, 4) is 17.3 Å². The first kappa shape index (κ1) is 21.0. The number of halogens is 2. The number of rotatable bonds is 5. The summed E-state index contributed by atoms with van der Waals surface area (Å²) in [5.74, 6) is -0.149. The van der Waals surface area contributed by atoms with E-state index in [2.05, 4.69) is 5.32 Å². The highest BCUT2D eigenvalue weighted by atomic mass is 35.5. The maximum absolute atomic E-state index is 13.2. The molecule has 158 valence electrons. The largest absolute Gasteiger partial charge is 0.476 e. The molecule has 1 N–H and O–H groups in total. The lowest BCUT2D eigenvalue weighted by Gasteiger charge is -2.12. The number of nitrogens with one attached hydrogen (secondary N) is 1. The van der Waals surface area contributed by atoms with Crippen LogP contribution >= 0.6 is 23.2 Å². The maximum atomic E-state index is 13.2. The van der Waals surface area contributed by atoms with Crippen molar-refractivity contribution < 1.29 is 18.4 Å². The van der Waals surface area contributed by atoms with Gasteiger partial charge in [-0.15, -0.1) is 0 Å². The summed E-state index contributed by atoms with van der Waals surface area (Å²) in [4.78, 5) is 25.6. The van der Waals surface area contributed by atoms with Crippen LogP contribution in [0.1, 0.15) is 11.1 Å². The summed E-state index contributed by atoms with van der Waals surface area (Å²) >= 11 is 11.9. The van der Waals surface area contributed by atoms with Crippen molar-refractivity contribution in [1.29, 1.82) is 0 Å². The van der Waals surface area contributed by atoms with Crippen LogP contribution < -0.4 is 15.5 Å². The van der Waals surface area contributed by atoms with Gasteiger partial charge in [-0.25, -0.2) is 0 Å². The molecule has 0 aliphatic carbocycles. The lowest BCUT2D eigenvalue weighted by Crippen LogP contribution is -2.22. The number of hydrogen-bond acceptors (Lipinski definition) is 5. The zero-order chi connectivity index (χ0) is 22.1. The van der Waals surface area contributed by atoms with E-state index < -0.39 is 17.9 Å². The molecule has 0 radical (unpaired) electrons. The Morgan fingerprint density at radius 3 is 2.55 bits per heavy atom. The number of anilines is 1. The molecule has 0 aliphatic rings. The van der Waals surface area contributed by atoms with Crippen molar-refractivity contribution in [2.45, 2.75) is 13.8 Å². The molecule has 0 aliphatic heterocycles. The van der Waals surface area contributed by atoms with Crippen molar-refractivity contribution >= 4 is 45.8 Å². The molecular weight excluding hydrogens is 441 g/mol. The first-order valence-corrected chi connectivity index (χ1v) is 10.1. The van der Waals surface area contributed by atoms with E-state index in [9.17, 15) is 9.59 Å². The van der Waals surface area contributed by atoms with Gasteiger partial charge in [0.2, 0.25) is 16.9 Å². The number of fused-ring (bicyclic) bond motifs is 1. The third-order valence-corrected chi connectivity index (χ3v) is 5.50. The summed E-state index contributed by atoms with van der Waals surface area (Å²) in [6.45, 7) is 3.41. The third-order valence-electron chi connectivity index (χ3n) is 4.76. The minimum Gasteiger partial charge on any atom is -0.476 e. The second kappa shape index (κ2) is 8.49. The van der Waals surface area contributed by atoms with Gasteiger partial charge in [0.05, 0.1) is 21.7 Å². The van der Waals surface area contributed by atoms with Gasteiger partial charge in [-0.1, -0.05) is 23.2 Å². The van der Waals surface area contributed by atoms with Crippen molar-refractivity contribution in [2.24, 2.45) is 0 Å². The Morgan fingerprint density at radius 2 is 1.84 bits per heavy atom. The van der Waals surface area contributed by atoms with Crippen LogP contribution in [0, 0.1) is 13.8 Å². The predicted molar refractivity (Wildman–Crippen MR) is 120 cm³/mol. The number of carbonyl (C=O) groups is 1. The third kappa shape index (κ3) is 4.31. The number of ether oxygens (including phenoxy) is 1. The lowest BCUT2D eigenvalue weighted by atomic mass is 10.1. The molecule has 2 heterocycles. The molecular formula is C23H17Cl2NO5. The number of carbonyl (C=O) groups excluding carboxylic acids is 1. The summed E-state index contributed by atoms with van der Waals surface area (Å²) in [6.07, 6.45) is 1.46. The Hall–Kier alpha value is -3.22. The molecule has 0 saturated heterocycles. The molecule has 0 atom stereocenters. The van der Waals surface area contributed by atoms with E-state index in [0.717, 1.165) is 11.1 Å². The number of hydrogen-bond donors (Lipinski definition) is 1. The van der Waals surface area contributed by atoms with Gasteiger partial charge < -0.3 is 18.9 Å². The number of amides is 1. The van der Waals surface area contributed by atoms with E-state index in [1.165, 1.54) is 12.3 Å². The van der Waals surface area contributed by atoms with E-state index in [-0.39, 0.29) is 11.5 Å². The normalized spacial score (nSPS) is 11.0. The van der Waals surface area contributed by atoms with E-state index in [0.29, 0.717) is 32.5 Å². The first-order valence-electron chi connectivity index (χ1n) is 9.33. The van der Waals surface area contributed by atoms with Crippen LogP contribution in [0.15, 0.2) is 62.4 Å². The SMILES string of the molecule is Cc1cc2oc(-c3ccco3)c(OCC(=O)Nc3ccc(Cl)c(Cl)c3)c(=O)c2cc1C. The fraction of sp³-hybridized carbons (Fsp3) is 0.130. The average Bonchev–Trinajstić information content (AvgIpc) is 3.26. The van der Waals surface area contributed by atoms with Gasteiger partial charge >= 0.3 is 0 Å². The highest BCUT2D eigenvalue weighted by Gasteiger charge is 2.21. The zero-order valence-electron chi connectivity index (χ0n) is 16.6. The van der Waals surface area contributed by atoms with Gasteiger partial charge in [0.1, 0.15) is 5.58 Å².